The zero-order chi connectivity index (χ0) is 61.4. The Balaban J connectivity index is 1.13. The van der Waals surface area contributed by atoms with Crippen LogP contribution in [-0.4, -0.2) is 212 Å². The minimum Gasteiger partial charge on any atom is -0.508 e. The molecule has 0 amide bonds. The summed E-state index contributed by atoms with van der Waals surface area (Å²) in [6.45, 7) is -2.26. The molecule has 0 aromatic heterocycles. The summed E-state index contributed by atoms with van der Waals surface area (Å²) in [5.41, 5.74) is 0.800. The molecule has 3 fully saturated rings. The van der Waals surface area contributed by atoms with E-state index in [0.29, 0.717) is 5.56 Å². The molecule has 0 spiro atoms. The Labute approximate surface area is 481 Å². The highest BCUT2D eigenvalue weighted by molar-refractivity contribution is 5.90. The fraction of sp³-hybridized carbons (Fsp3) is 0.393. The number of ether oxygens (including phenoxy) is 13. The molecule has 12 N–H and O–H groups in total. The van der Waals surface area contributed by atoms with E-state index in [0.717, 1.165) is 24.3 Å². The van der Waals surface area contributed by atoms with Gasteiger partial charge in [-0.05, 0) is 65.8 Å². The third-order valence-electron chi connectivity index (χ3n) is 13.5. The van der Waals surface area contributed by atoms with Crippen LogP contribution in [0, 0.1) is 0 Å². The highest BCUT2D eigenvalue weighted by Gasteiger charge is 2.53. The number of methoxy groups -OCH3 is 3. The molecule has 29 heteroatoms. The number of rotatable bonds is 21. The smallest absolute Gasteiger partial charge is 0.331 e. The predicted molar refractivity (Wildman–Crippen MR) is 281 cm³/mol. The van der Waals surface area contributed by atoms with Crippen LogP contribution in [0.25, 0.3) is 18.2 Å². The fourth-order valence-corrected chi connectivity index (χ4v) is 9.03. The lowest BCUT2D eigenvalue weighted by Gasteiger charge is -2.45. The van der Waals surface area contributed by atoms with Crippen LogP contribution in [0.4, 0.5) is 0 Å². The molecule has 458 valence electrons. The van der Waals surface area contributed by atoms with E-state index < -0.39 is 148 Å². The molecule has 3 saturated heterocycles. The van der Waals surface area contributed by atoms with Gasteiger partial charge in [0.2, 0.25) is 18.3 Å². The van der Waals surface area contributed by atoms with Crippen LogP contribution in [0.5, 0.6) is 51.7 Å². The van der Waals surface area contributed by atoms with Crippen molar-refractivity contribution in [2.75, 3.05) is 41.2 Å². The number of phenolic OH excluding ortho intramolecular Hbond substituents is 4. The first-order chi connectivity index (χ1) is 40.5. The van der Waals surface area contributed by atoms with Gasteiger partial charge in [-0.3, -0.25) is 9.59 Å². The Morgan fingerprint density at radius 2 is 1.22 bits per heavy atom. The van der Waals surface area contributed by atoms with Gasteiger partial charge in [-0.25, -0.2) is 9.59 Å². The van der Waals surface area contributed by atoms with Gasteiger partial charge in [-0.2, -0.15) is 0 Å². The van der Waals surface area contributed by atoms with Gasteiger partial charge in [-0.1, -0.05) is 18.2 Å². The van der Waals surface area contributed by atoms with Crippen molar-refractivity contribution in [1.82, 2.24) is 0 Å². The molecule has 15 atom stereocenters. The summed E-state index contributed by atoms with van der Waals surface area (Å²) in [4.78, 5) is 49.7. The van der Waals surface area contributed by atoms with Crippen molar-refractivity contribution in [3.8, 4) is 51.7 Å². The van der Waals surface area contributed by atoms with Crippen molar-refractivity contribution in [3.63, 3.8) is 0 Å². The number of phenols is 4. The number of aliphatic carboxylic acids is 1. The maximum Gasteiger partial charge on any atom is 0.331 e. The lowest BCUT2D eigenvalue weighted by atomic mass is 9.97. The van der Waals surface area contributed by atoms with E-state index in [1.165, 1.54) is 94.2 Å². The molecule has 85 heavy (non-hydrogen) atoms. The van der Waals surface area contributed by atoms with Crippen LogP contribution >= 0.6 is 0 Å². The van der Waals surface area contributed by atoms with Crippen LogP contribution in [0.3, 0.4) is 0 Å². The highest BCUT2D eigenvalue weighted by Crippen LogP contribution is 2.46. The molecule has 0 radical (unpaired) electrons. The zero-order valence-electron chi connectivity index (χ0n) is 45.0. The predicted octanol–water partition coefficient (Wildman–Crippen LogP) is 0.0221. The Kier molecular flexibility index (Phi) is 20.2. The quantitative estimate of drug-likeness (QED) is 0.0226. The van der Waals surface area contributed by atoms with E-state index in [1.807, 2.05) is 0 Å². The average molecular weight is 1200 g/mol. The number of benzene rings is 4. The third kappa shape index (κ3) is 14.9. The first-order valence-electron chi connectivity index (χ1n) is 25.7. The summed E-state index contributed by atoms with van der Waals surface area (Å²) >= 11 is 0. The van der Waals surface area contributed by atoms with E-state index in [2.05, 4.69) is 0 Å². The van der Waals surface area contributed by atoms with E-state index in [1.54, 1.807) is 0 Å². The SMILES string of the molecule is COc1cc(C=CC(=O)OCC2OC(OC3=Cc4c(cc(O)cc4OC4OC(COC(=O)CC(=O)O)C(O)C(O)C4O)OC3c3ccc(O)cc3)C(OC3OCC(O)C(O)C3OC(=O)C=Cc3cc(OC)c(O)c(OC)c3)C(O)C2O)ccc1O. The number of carboxylic acids is 1. The van der Waals surface area contributed by atoms with Gasteiger partial charge in [0.25, 0.3) is 0 Å². The van der Waals surface area contributed by atoms with Gasteiger partial charge in [0.1, 0.15) is 103 Å². The fourth-order valence-electron chi connectivity index (χ4n) is 9.03. The second-order valence-corrected chi connectivity index (χ2v) is 19.3. The molecule has 4 aliphatic heterocycles. The van der Waals surface area contributed by atoms with Crippen LogP contribution < -0.4 is 23.7 Å². The summed E-state index contributed by atoms with van der Waals surface area (Å²) in [6, 6.07) is 14.5. The number of carboxylic acid groups (broad SMARTS) is 1. The van der Waals surface area contributed by atoms with E-state index in [-0.39, 0.29) is 68.4 Å². The number of carbonyl (C=O) groups is 4. The molecule has 0 bridgehead atoms. The molecule has 4 aliphatic rings. The van der Waals surface area contributed by atoms with Gasteiger partial charge in [0, 0.05) is 29.8 Å². The minimum atomic E-state index is -2.13. The largest absolute Gasteiger partial charge is 0.508 e. The molecular formula is C56H60O29. The lowest BCUT2D eigenvalue weighted by molar-refractivity contribution is -0.353. The normalized spacial score (nSPS) is 28.3. The highest BCUT2D eigenvalue weighted by atomic mass is 16.8. The second kappa shape index (κ2) is 27.5. The van der Waals surface area contributed by atoms with Gasteiger partial charge >= 0.3 is 23.9 Å². The van der Waals surface area contributed by atoms with Crippen molar-refractivity contribution in [1.29, 1.82) is 0 Å². The molecule has 4 aromatic rings. The van der Waals surface area contributed by atoms with Crippen LogP contribution in [0.1, 0.15) is 34.8 Å². The number of aliphatic hydroxyl groups is 7. The van der Waals surface area contributed by atoms with E-state index in [9.17, 15) is 75.3 Å². The molecule has 8 rings (SSSR count). The Morgan fingerprint density at radius 1 is 0.600 bits per heavy atom. The maximum absolute atomic E-state index is 13.5. The van der Waals surface area contributed by atoms with Crippen molar-refractivity contribution in [2.24, 2.45) is 0 Å². The summed E-state index contributed by atoms with van der Waals surface area (Å²) in [7, 11) is 3.89. The molecular weight excluding hydrogens is 1140 g/mol. The summed E-state index contributed by atoms with van der Waals surface area (Å²) < 4.78 is 74.2. The number of hydrogen-bond acceptors (Lipinski definition) is 28. The van der Waals surface area contributed by atoms with Gasteiger partial charge < -0.3 is 123 Å². The number of aliphatic hydroxyl groups excluding tert-OH is 7. The summed E-state index contributed by atoms with van der Waals surface area (Å²) in [5, 5.41) is 129. The van der Waals surface area contributed by atoms with Gasteiger partial charge in [0.05, 0.1) is 33.5 Å². The molecule has 15 unspecified atom stereocenters. The molecule has 4 heterocycles. The second-order valence-electron chi connectivity index (χ2n) is 19.3. The van der Waals surface area contributed by atoms with E-state index in [4.69, 9.17) is 66.7 Å². The maximum atomic E-state index is 13.5. The van der Waals surface area contributed by atoms with Crippen molar-refractivity contribution in [2.45, 2.75) is 98.5 Å². The molecule has 4 aromatic carbocycles. The number of hydrogen-bond donors (Lipinski definition) is 12. The van der Waals surface area contributed by atoms with Crippen LogP contribution in [-0.2, 0) is 57.1 Å². The van der Waals surface area contributed by atoms with Gasteiger partial charge in [0.15, 0.2) is 47.6 Å². The van der Waals surface area contributed by atoms with Gasteiger partial charge in [-0.15, -0.1) is 0 Å². The Morgan fingerprint density at radius 3 is 1.89 bits per heavy atom. The topological polar surface area (TPSA) is 431 Å². The minimum absolute atomic E-state index is 0.0105. The summed E-state index contributed by atoms with van der Waals surface area (Å²) in [6.07, 6.45) is -23.5. The van der Waals surface area contributed by atoms with Crippen molar-refractivity contribution >= 4 is 42.1 Å². The average Bonchev–Trinajstić information content (AvgIpc) is 3.51. The summed E-state index contributed by atoms with van der Waals surface area (Å²) in [5.74, 6) is -6.82. The monoisotopic (exact) mass is 1200 g/mol. The number of fused-ring (bicyclic) bond motifs is 1. The Bertz CT molecular complexity index is 3100. The van der Waals surface area contributed by atoms with Crippen molar-refractivity contribution < 1.29 is 142 Å². The van der Waals surface area contributed by atoms with Crippen LogP contribution in [0.2, 0.25) is 0 Å². The molecule has 0 aliphatic carbocycles. The number of aromatic hydroxyl groups is 4. The third-order valence-corrected chi connectivity index (χ3v) is 13.5. The lowest BCUT2D eigenvalue weighted by Crippen LogP contribution is -2.63. The molecule has 29 nitrogen and oxygen atoms in total. The first kappa shape index (κ1) is 62.6. The number of carbonyl (C=O) groups excluding carboxylic acids is 3. The van der Waals surface area contributed by atoms with Crippen molar-refractivity contribution in [3.05, 3.63) is 107 Å². The number of esters is 3. The Hall–Kier alpha value is -8.46. The molecule has 0 saturated carbocycles. The van der Waals surface area contributed by atoms with Crippen LogP contribution in [0.15, 0.2) is 84.6 Å². The van der Waals surface area contributed by atoms with E-state index >= 15 is 0 Å². The standard InChI is InChI=1S/C56H60O29/c1-73-34-14-24(4-11-30(34)59)5-12-41(63)76-22-39-47(69)49(71)53(85-55-52(44(66)31(60)21-78-55)84-42(64)13-6-25-15-35(74-2)45(67)36(16-25)75-3)56(83-39)81-37-19-29-32(79-51(37)26-7-9-27(57)10-8-26)17-28(58)18-33(29)80-54-50(72)48(70)46(68)38(82-54)23-77-43(65)20-40(61)62/h4-19,31,38-39,44,46-60,66-72H,20-23H2,1-3H3,(H,61,62). The zero-order valence-corrected chi connectivity index (χ0v) is 45.0. The first-order valence-corrected chi connectivity index (χ1v) is 25.7.